The molecule has 12 heavy (non-hydrogen) atoms. The predicted molar refractivity (Wildman–Crippen MR) is 41.2 cm³/mol. The van der Waals surface area contributed by atoms with Crippen molar-refractivity contribution in [3.05, 3.63) is 0 Å². The lowest BCUT2D eigenvalue weighted by atomic mass is 10.0. The quantitative estimate of drug-likeness (QED) is 0.518. The fourth-order valence-electron chi connectivity index (χ4n) is 1.37. The first kappa shape index (κ1) is 8.90. The Morgan fingerprint density at radius 2 is 2.00 bits per heavy atom. The van der Waals surface area contributed by atoms with Gasteiger partial charge in [-0.2, -0.15) is 0 Å². The van der Waals surface area contributed by atoms with E-state index in [1.54, 1.807) is 0 Å². The van der Waals surface area contributed by atoms with E-state index < -0.39 is 5.92 Å². The van der Waals surface area contributed by atoms with Crippen molar-refractivity contribution in [3.8, 4) is 0 Å². The lowest BCUT2D eigenvalue weighted by Gasteiger charge is -2.10. The van der Waals surface area contributed by atoms with E-state index in [1.165, 1.54) is 13.8 Å². The summed E-state index contributed by atoms with van der Waals surface area (Å²) in [6.07, 6.45) is 0.480. The van der Waals surface area contributed by atoms with Crippen LogP contribution >= 0.6 is 0 Å². The Bertz CT molecular complexity index is 223. The molecule has 1 rings (SSSR count). The van der Waals surface area contributed by atoms with Crippen LogP contribution in [0.25, 0.3) is 0 Å². The van der Waals surface area contributed by atoms with E-state index in [-0.39, 0.29) is 17.6 Å². The first-order chi connectivity index (χ1) is 5.54. The highest BCUT2D eigenvalue weighted by Gasteiger charge is 2.36. The number of imide groups is 1. The highest BCUT2D eigenvalue weighted by atomic mass is 16.2. The highest BCUT2D eigenvalue weighted by Crippen LogP contribution is 2.18. The molecule has 0 aromatic heterocycles. The number of amides is 2. The summed E-state index contributed by atoms with van der Waals surface area (Å²) in [5.74, 6) is -1.34. The standard InChI is InChI=1S/C8H11NO3/c1-5(10)7-3-4-9(6(2)11)8(7)12/h7H,3-4H2,1-2H3. The van der Waals surface area contributed by atoms with Crippen LogP contribution < -0.4 is 0 Å². The topological polar surface area (TPSA) is 54.5 Å². The monoisotopic (exact) mass is 169 g/mol. The van der Waals surface area contributed by atoms with Crippen LogP contribution in [0.3, 0.4) is 0 Å². The van der Waals surface area contributed by atoms with Gasteiger partial charge in [-0.15, -0.1) is 0 Å². The molecule has 1 atom stereocenters. The van der Waals surface area contributed by atoms with E-state index in [4.69, 9.17) is 0 Å². The van der Waals surface area contributed by atoms with Gasteiger partial charge in [-0.25, -0.2) is 0 Å². The minimum Gasteiger partial charge on any atom is -0.299 e. The number of ketones is 1. The van der Waals surface area contributed by atoms with Crippen molar-refractivity contribution in [2.24, 2.45) is 5.92 Å². The van der Waals surface area contributed by atoms with Crippen molar-refractivity contribution in [3.63, 3.8) is 0 Å². The van der Waals surface area contributed by atoms with Gasteiger partial charge in [0.1, 0.15) is 5.78 Å². The summed E-state index contributed by atoms with van der Waals surface area (Å²) >= 11 is 0. The Morgan fingerprint density at radius 1 is 1.42 bits per heavy atom. The fourth-order valence-corrected chi connectivity index (χ4v) is 1.37. The van der Waals surface area contributed by atoms with E-state index in [9.17, 15) is 14.4 Å². The zero-order chi connectivity index (χ0) is 9.30. The zero-order valence-electron chi connectivity index (χ0n) is 7.16. The van der Waals surface area contributed by atoms with Gasteiger partial charge in [-0.3, -0.25) is 19.3 Å². The van der Waals surface area contributed by atoms with Gasteiger partial charge in [-0.05, 0) is 13.3 Å². The lowest BCUT2D eigenvalue weighted by molar-refractivity contribution is -0.143. The second-order valence-corrected chi connectivity index (χ2v) is 2.96. The number of carbonyl (C=O) groups excluding carboxylic acids is 3. The molecule has 4 heteroatoms. The van der Waals surface area contributed by atoms with Gasteiger partial charge in [0.15, 0.2) is 0 Å². The molecule has 2 amide bonds. The van der Waals surface area contributed by atoms with E-state index in [2.05, 4.69) is 0 Å². The molecule has 1 fully saturated rings. The minimum atomic E-state index is -0.575. The molecule has 0 N–H and O–H groups in total. The van der Waals surface area contributed by atoms with Crippen molar-refractivity contribution in [2.75, 3.05) is 6.54 Å². The number of Topliss-reactive ketones (excluding diaryl/α,β-unsaturated/α-hetero) is 1. The molecule has 1 aliphatic heterocycles. The van der Waals surface area contributed by atoms with Crippen molar-refractivity contribution < 1.29 is 14.4 Å². The average Bonchev–Trinajstić information content (AvgIpc) is 2.30. The Labute approximate surface area is 70.5 Å². The van der Waals surface area contributed by atoms with Crippen molar-refractivity contribution >= 4 is 17.6 Å². The summed E-state index contributed by atoms with van der Waals surface area (Å²) in [5.41, 5.74) is 0. The van der Waals surface area contributed by atoms with Crippen molar-refractivity contribution in [1.29, 1.82) is 0 Å². The van der Waals surface area contributed by atoms with E-state index in [1.807, 2.05) is 0 Å². The number of hydrogen-bond donors (Lipinski definition) is 0. The third-order valence-corrected chi connectivity index (χ3v) is 2.08. The Kier molecular flexibility index (Phi) is 2.26. The molecule has 0 spiro atoms. The number of hydrogen-bond acceptors (Lipinski definition) is 3. The molecule has 0 aromatic rings. The summed E-state index contributed by atoms with van der Waals surface area (Å²) in [6, 6.07) is 0. The third kappa shape index (κ3) is 1.37. The molecular formula is C8H11NO3. The minimum absolute atomic E-state index is 0.149. The summed E-state index contributed by atoms with van der Waals surface area (Å²) in [7, 11) is 0. The van der Waals surface area contributed by atoms with Crippen LogP contribution in [0.5, 0.6) is 0 Å². The van der Waals surface area contributed by atoms with Gasteiger partial charge in [0.2, 0.25) is 11.8 Å². The SMILES string of the molecule is CC(=O)C1CCN(C(C)=O)C1=O. The molecular weight excluding hydrogens is 158 g/mol. The van der Waals surface area contributed by atoms with Gasteiger partial charge < -0.3 is 0 Å². The van der Waals surface area contributed by atoms with E-state index >= 15 is 0 Å². The highest BCUT2D eigenvalue weighted by molar-refractivity contribution is 6.07. The second-order valence-electron chi connectivity index (χ2n) is 2.96. The molecule has 0 radical (unpaired) electrons. The maximum Gasteiger partial charge on any atom is 0.239 e. The fraction of sp³-hybridized carbons (Fsp3) is 0.625. The van der Waals surface area contributed by atoms with Crippen LogP contribution in [-0.2, 0) is 14.4 Å². The lowest BCUT2D eigenvalue weighted by Crippen LogP contribution is -2.33. The summed E-state index contributed by atoms with van der Waals surface area (Å²) in [4.78, 5) is 34.1. The Morgan fingerprint density at radius 3 is 2.25 bits per heavy atom. The Hall–Kier alpha value is -1.19. The van der Waals surface area contributed by atoms with Crippen LogP contribution in [0, 0.1) is 5.92 Å². The molecule has 0 aromatic carbocycles. The van der Waals surface area contributed by atoms with Crippen LogP contribution in [0.1, 0.15) is 20.3 Å². The van der Waals surface area contributed by atoms with Crippen molar-refractivity contribution in [1.82, 2.24) is 4.90 Å². The third-order valence-electron chi connectivity index (χ3n) is 2.08. The van der Waals surface area contributed by atoms with Gasteiger partial charge in [0.25, 0.3) is 0 Å². The van der Waals surface area contributed by atoms with Gasteiger partial charge in [0, 0.05) is 13.5 Å². The number of likely N-dealkylation sites (tertiary alicyclic amines) is 1. The molecule has 1 saturated heterocycles. The molecule has 4 nitrogen and oxygen atoms in total. The van der Waals surface area contributed by atoms with E-state index in [0.717, 1.165) is 4.90 Å². The number of nitrogens with zero attached hydrogens (tertiary/aromatic N) is 1. The van der Waals surface area contributed by atoms with Gasteiger partial charge >= 0.3 is 0 Å². The normalized spacial score (nSPS) is 23.0. The maximum absolute atomic E-state index is 11.3. The molecule has 0 saturated carbocycles. The zero-order valence-corrected chi connectivity index (χ0v) is 7.16. The summed E-state index contributed by atoms with van der Waals surface area (Å²) in [6.45, 7) is 3.10. The first-order valence-electron chi connectivity index (χ1n) is 3.86. The Balaban J connectivity index is 2.74. The largest absolute Gasteiger partial charge is 0.299 e. The smallest absolute Gasteiger partial charge is 0.239 e. The molecule has 66 valence electrons. The predicted octanol–water partition coefficient (Wildman–Crippen LogP) is -0.0296. The molecule has 0 bridgehead atoms. The van der Waals surface area contributed by atoms with E-state index in [0.29, 0.717) is 13.0 Å². The summed E-state index contributed by atoms with van der Waals surface area (Å²) < 4.78 is 0. The first-order valence-corrected chi connectivity index (χ1v) is 3.86. The molecule has 1 unspecified atom stereocenters. The maximum atomic E-state index is 11.3. The van der Waals surface area contributed by atoms with Crippen LogP contribution in [0.2, 0.25) is 0 Å². The van der Waals surface area contributed by atoms with Crippen molar-refractivity contribution in [2.45, 2.75) is 20.3 Å². The van der Waals surface area contributed by atoms with Gasteiger partial charge in [-0.1, -0.05) is 0 Å². The number of carbonyl (C=O) groups is 3. The molecule has 1 heterocycles. The van der Waals surface area contributed by atoms with Crippen LogP contribution in [-0.4, -0.2) is 29.0 Å². The average molecular weight is 169 g/mol. The molecule has 0 aliphatic carbocycles. The second kappa shape index (κ2) is 3.05. The van der Waals surface area contributed by atoms with Crippen LogP contribution in [0.15, 0.2) is 0 Å². The van der Waals surface area contributed by atoms with Gasteiger partial charge in [0.05, 0.1) is 5.92 Å². The van der Waals surface area contributed by atoms with Crippen LogP contribution in [0.4, 0.5) is 0 Å². The number of rotatable bonds is 1. The summed E-state index contributed by atoms with van der Waals surface area (Å²) in [5, 5.41) is 0. The molecule has 1 aliphatic rings.